The number of ether oxygens (including phenoxy) is 1. The molecule has 0 saturated heterocycles. The molecule has 1 amide bonds. The largest absolute Gasteiger partial charge is 0.466 e. The zero-order valence-electron chi connectivity index (χ0n) is 68.5. The fourth-order valence-electron chi connectivity index (χ4n) is 15.2. The summed E-state index contributed by atoms with van der Waals surface area (Å²) in [6.45, 7) is 5.02. The van der Waals surface area contributed by atoms with Gasteiger partial charge in [0.1, 0.15) is 0 Å². The van der Waals surface area contributed by atoms with Gasteiger partial charge in [-0.3, -0.25) is 9.59 Å². The molecule has 100 heavy (non-hydrogen) atoms. The molecule has 6 heteroatoms. The summed E-state index contributed by atoms with van der Waals surface area (Å²) in [4.78, 5) is 24.7. The molecule has 0 aromatic carbocycles. The normalized spacial score (nSPS) is 12.5. The molecule has 0 heterocycles. The van der Waals surface area contributed by atoms with Crippen molar-refractivity contribution < 1.29 is 24.5 Å². The van der Waals surface area contributed by atoms with Crippen LogP contribution in [0.3, 0.4) is 0 Å². The van der Waals surface area contributed by atoms with Crippen LogP contribution < -0.4 is 5.32 Å². The summed E-state index contributed by atoms with van der Waals surface area (Å²) in [5.41, 5.74) is 0. The number of hydrogen-bond donors (Lipinski definition) is 3. The van der Waals surface area contributed by atoms with Crippen molar-refractivity contribution in [1.82, 2.24) is 5.32 Å². The van der Waals surface area contributed by atoms with Gasteiger partial charge in [0.05, 0.1) is 25.4 Å². The fourth-order valence-corrected chi connectivity index (χ4v) is 15.2. The molecular weight excluding hydrogens is 1220 g/mol. The van der Waals surface area contributed by atoms with Gasteiger partial charge in [-0.15, -0.1) is 0 Å². The van der Waals surface area contributed by atoms with Gasteiger partial charge in [0.25, 0.3) is 0 Å². The van der Waals surface area contributed by atoms with E-state index in [1.54, 1.807) is 0 Å². The van der Waals surface area contributed by atoms with E-state index in [1.807, 2.05) is 0 Å². The van der Waals surface area contributed by atoms with Crippen LogP contribution in [0, 0.1) is 0 Å². The number of aliphatic hydroxyl groups is 2. The molecule has 2 unspecified atom stereocenters. The molecule has 0 rings (SSSR count). The van der Waals surface area contributed by atoms with Crippen molar-refractivity contribution >= 4 is 11.9 Å². The number of amides is 1. The number of aliphatic hydroxyl groups excluding tert-OH is 2. The van der Waals surface area contributed by atoms with Crippen LogP contribution in [0.2, 0.25) is 0 Å². The van der Waals surface area contributed by atoms with Gasteiger partial charge in [-0.2, -0.15) is 0 Å². The quantitative estimate of drug-likeness (QED) is 0.0320. The molecule has 0 aliphatic heterocycles. The number of allylic oxidation sites excluding steroid dienone is 4. The van der Waals surface area contributed by atoms with Gasteiger partial charge in [-0.25, -0.2) is 0 Å². The number of carbonyl (C=O) groups excluding carboxylic acids is 2. The summed E-state index contributed by atoms with van der Waals surface area (Å²) in [6, 6.07) is -0.540. The van der Waals surface area contributed by atoms with Crippen molar-refractivity contribution in [2.75, 3.05) is 13.2 Å². The lowest BCUT2D eigenvalue weighted by atomic mass is 10.0. The Hall–Kier alpha value is -1.66. The Morgan fingerprint density at radius 2 is 0.470 bits per heavy atom. The highest BCUT2D eigenvalue weighted by atomic mass is 16.5. The van der Waals surface area contributed by atoms with E-state index in [-0.39, 0.29) is 18.5 Å². The van der Waals surface area contributed by atoms with E-state index in [1.165, 1.54) is 469 Å². The van der Waals surface area contributed by atoms with Gasteiger partial charge in [-0.1, -0.05) is 475 Å². The summed E-state index contributed by atoms with van der Waals surface area (Å²) in [5.74, 6) is -0.000284. The maximum atomic E-state index is 12.6. The summed E-state index contributed by atoms with van der Waals surface area (Å²) in [5, 5.41) is 23.5. The van der Waals surface area contributed by atoms with E-state index in [0.29, 0.717) is 25.9 Å². The third kappa shape index (κ3) is 85.3. The third-order valence-corrected chi connectivity index (χ3v) is 22.2. The lowest BCUT2D eigenvalue weighted by Gasteiger charge is -2.22. The molecule has 594 valence electrons. The van der Waals surface area contributed by atoms with Gasteiger partial charge < -0.3 is 20.3 Å². The van der Waals surface area contributed by atoms with Crippen LogP contribution in [-0.4, -0.2) is 47.4 Å². The van der Waals surface area contributed by atoms with Gasteiger partial charge in [-0.05, 0) is 77.0 Å². The molecule has 6 nitrogen and oxygen atoms in total. The van der Waals surface area contributed by atoms with Crippen molar-refractivity contribution in [1.29, 1.82) is 0 Å². The molecular formula is C94H183NO5. The number of esters is 1. The average Bonchev–Trinajstić information content (AvgIpc) is 1.80. The number of unbranched alkanes of at least 4 members (excludes halogenated alkanes) is 74. The Kier molecular flexibility index (Phi) is 88.2. The molecule has 0 aliphatic carbocycles. The van der Waals surface area contributed by atoms with E-state index in [4.69, 9.17) is 4.74 Å². The van der Waals surface area contributed by atoms with Crippen LogP contribution in [0.1, 0.15) is 540 Å². The predicted molar refractivity (Wildman–Crippen MR) is 444 cm³/mol. The van der Waals surface area contributed by atoms with Crippen molar-refractivity contribution in [3.05, 3.63) is 24.3 Å². The van der Waals surface area contributed by atoms with E-state index in [9.17, 15) is 19.8 Å². The molecule has 0 fully saturated rings. The first-order valence-electron chi connectivity index (χ1n) is 46.6. The zero-order valence-corrected chi connectivity index (χ0v) is 68.5. The van der Waals surface area contributed by atoms with Crippen LogP contribution in [-0.2, 0) is 14.3 Å². The van der Waals surface area contributed by atoms with Crippen molar-refractivity contribution in [3.63, 3.8) is 0 Å². The monoisotopic (exact) mass is 1410 g/mol. The first kappa shape index (κ1) is 98.3. The molecule has 0 radical (unpaired) electrons. The Morgan fingerprint density at radius 1 is 0.270 bits per heavy atom. The number of nitrogens with one attached hydrogen (secondary N) is 1. The SMILES string of the molecule is CCCCCCCC/C=C\CCCCCCCCCCCC(=O)OCCCCCCCCCCCCCCCCCCCC/C=C\CCCCCCCCCCCCCCCCCCCC(=O)NC(CO)C(O)CCCCCCCCCCCCCCCCCCCCCCCCCCC. The van der Waals surface area contributed by atoms with Gasteiger partial charge >= 0.3 is 5.97 Å². The number of hydrogen-bond acceptors (Lipinski definition) is 5. The second-order valence-corrected chi connectivity index (χ2v) is 32.3. The van der Waals surface area contributed by atoms with Crippen LogP contribution in [0.25, 0.3) is 0 Å². The molecule has 0 aromatic heterocycles. The van der Waals surface area contributed by atoms with Crippen LogP contribution in [0.5, 0.6) is 0 Å². The first-order chi connectivity index (χ1) is 49.5. The van der Waals surface area contributed by atoms with Gasteiger partial charge in [0.15, 0.2) is 0 Å². The standard InChI is InChI=1S/C94H183NO5/c1-3-5-7-9-11-13-15-17-19-21-23-24-25-41-44-47-51-54-58-62-66-70-74-78-82-86-92(97)91(90-96)95-93(98)87-83-79-75-71-67-63-59-55-52-48-45-42-39-37-35-33-31-29-27-26-28-30-32-34-36-38-40-43-46-49-53-57-61-65-69-73-77-81-85-89-100-94(99)88-84-80-76-72-68-64-60-56-50-22-20-18-16-14-12-10-8-6-4-2/h18,20,26-27,91-92,96-97H,3-17,19,21-25,28-90H2,1-2H3,(H,95,98)/b20-18-,27-26-. The highest BCUT2D eigenvalue weighted by Crippen LogP contribution is 2.22. The summed E-state index contributed by atoms with van der Waals surface area (Å²) in [6.07, 6.45) is 118. The van der Waals surface area contributed by atoms with Crippen molar-refractivity contribution in [2.24, 2.45) is 0 Å². The number of carbonyl (C=O) groups is 2. The molecule has 0 aliphatic rings. The molecule has 0 spiro atoms. The highest BCUT2D eigenvalue weighted by Gasteiger charge is 2.20. The highest BCUT2D eigenvalue weighted by molar-refractivity contribution is 5.76. The van der Waals surface area contributed by atoms with Crippen molar-refractivity contribution in [2.45, 2.75) is 553 Å². The van der Waals surface area contributed by atoms with E-state index in [0.717, 1.165) is 38.5 Å². The van der Waals surface area contributed by atoms with Crippen LogP contribution in [0.4, 0.5) is 0 Å². The predicted octanol–water partition coefficient (Wildman–Crippen LogP) is 31.5. The minimum absolute atomic E-state index is 0.0235. The second-order valence-electron chi connectivity index (χ2n) is 32.3. The summed E-state index contributed by atoms with van der Waals surface area (Å²) < 4.78 is 5.53. The molecule has 2 atom stereocenters. The Balaban J connectivity index is 3.32. The lowest BCUT2D eigenvalue weighted by Crippen LogP contribution is -2.45. The van der Waals surface area contributed by atoms with E-state index < -0.39 is 12.1 Å². The molecule has 0 bridgehead atoms. The van der Waals surface area contributed by atoms with E-state index in [2.05, 4.69) is 43.5 Å². The number of rotatable bonds is 89. The van der Waals surface area contributed by atoms with E-state index >= 15 is 0 Å². The van der Waals surface area contributed by atoms with Crippen LogP contribution in [0.15, 0.2) is 24.3 Å². The lowest BCUT2D eigenvalue weighted by molar-refractivity contribution is -0.143. The zero-order chi connectivity index (χ0) is 71.9. The average molecular weight is 1410 g/mol. The van der Waals surface area contributed by atoms with Gasteiger partial charge in [0.2, 0.25) is 5.91 Å². The summed E-state index contributed by atoms with van der Waals surface area (Å²) in [7, 11) is 0. The first-order valence-corrected chi connectivity index (χ1v) is 46.6. The Bertz CT molecular complexity index is 1580. The Labute approximate surface area is 628 Å². The van der Waals surface area contributed by atoms with Crippen LogP contribution >= 0.6 is 0 Å². The third-order valence-electron chi connectivity index (χ3n) is 22.2. The smallest absolute Gasteiger partial charge is 0.305 e. The minimum atomic E-state index is -0.663. The Morgan fingerprint density at radius 3 is 0.710 bits per heavy atom. The maximum absolute atomic E-state index is 12.6. The molecule has 0 aromatic rings. The second kappa shape index (κ2) is 89.7. The summed E-state index contributed by atoms with van der Waals surface area (Å²) >= 11 is 0. The molecule has 0 saturated carbocycles. The van der Waals surface area contributed by atoms with Gasteiger partial charge in [0, 0.05) is 12.8 Å². The minimum Gasteiger partial charge on any atom is -0.466 e. The fraction of sp³-hybridized carbons (Fsp3) is 0.936. The molecule has 3 N–H and O–H groups in total. The van der Waals surface area contributed by atoms with Crippen molar-refractivity contribution in [3.8, 4) is 0 Å². The maximum Gasteiger partial charge on any atom is 0.305 e. The topological polar surface area (TPSA) is 95.9 Å².